The molecule has 1 fully saturated rings. The molecule has 0 bridgehead atoms. The summed E-state index contributed by atoms with van der Waals surface area (Å²) in [6, 6.07) is 15.9. The monoisotopic (exact) mass is 319 g/mol. The van der Waals surface area contributed by atoms with Crippen LogP contribution < -0.4 is 0 Å². The standard InChI is InChI=1S/C20H21N3O/c1-15-9-11-22(12-10-15)20(24)16-7-8-19-18(13-16)21-14-23(19)17-5-3-2-4-6-17/h2-8,13-15H,9-12H2,1H3. The summed E-state index contributed by atoms with van der Waals surface area (Å²) in [5, 5.41) is 0. The molecule has 0 aliphatic carbocycles. The quantitative estimate of drug-likeness (QED) is 0.718. The van der Waals surface area contributed by atoms with Crippen LogP contribution in [0.2, 0.25) is 0 Å². The first-order valence-electron chi connectivity index (χ1n) is 8.54. The first-order chi connectivity index (χ1) is 11.7. The van der Waals surface area contributed by atoms with Crippen molar-refractivity contribution in [1.29, 1.82) is 0 Å². The van der Waals surface area contributed by atoms with Crippen molar-refractivity contribution in [3.8, 4) is 5.69 Å². The van der Waals surface area contributed by atoms with E-state index in [0.29, 0.717) is 0 Å². The number of nitrogens with zero attached hydrogens (tertiary/aromatic N) is 3. The van der Waals surface area contributed by atoms with E-state index in [2.05, 4.69) is 24.0 Å². The van der Waals surface area contributed by atoms with E-state index >= 15 is 0 Å². The molecule has 1 saturated heterocycles. The lowest BCUT2D eigenvalue weighted by atomic mass is 9.98. The topological polar surface area (TPSA) is 38.1 Å². The second kappa shape index (κ2) is 6.11. The zero-order valence-corrected chi connectivity index (χ0v) is 13.9. The number of para-hydroxylation sites is 1. The number of carbonyl (C=O) groups is 1. The molecular formula is C20H21N3O. The highest BCUT2D eigenvalue weighted by atomic mass is 16.2. The minimum Gasteiger partial charge on any atom is -0.339 e. The van der Waals surface area contributed by atoms with E-state index in [-0.39, 0.29) is 5.91 Å². The third-order valence-electron chi connectivity index (χ3n) is 4.90. The van der Waals surface area contributed by atoms with Crippen LogP contribution in [0.1, 0.15) is 30.1 Å². The highest BCUT2D eigenvalue weighted by Gasteiger charge is 2.21. The number of imidazole rings is 1. The second-order valence-corrected chi connectivity index (χ2v) is 6.63. The summed E-state index contributed by atoms with van der Waals surface area (Å²) in [6.45, 7) is 3.97. The van der Waals surface area contributed by atoms with Crippen molar-refractivity contribution in [3.05, 3.63) is 60.4 Å². The number of likely N-dealkylation sites (tertiary alicyclic amines) is 1. The van der Waals surface area contributed by atoms with Crippen LogP contribution in [-0.4, -0.2) is 33.4 Å². The summed E-state index contributed by atoms with van der Waals surface area (Å²) < 4.78 is 2.05. The van der Waals surface area contributed by atoms with Crippen molar-refractivity contribution in [3.63, 3.8) is 0 Å². The predicted molar refractivity (Wildman–Crippen MR) is 95.4 cm³/mol. The van der Waals surface area contributed by atoms with Gasteiger partial charge in [0.25, 0.3) is 5.91 Å². The molecule has 1 aliphatic heterocycles. The van der Waals surface area contributed by atoms with Crippen LogP contribution >= 0.6 is 0 Å². The van der Waals surface area contributed by atoms with Crippen LogP contribution in [0.25, 0.3) is 16.7 Å². The lowest BCUT2D eigenvalue weighted by molar-refractivity contribution is 0.0697. The fourth-order valence-electron chi connectivity index (χ4n) is 3.33. The van der Waals surface area contributed by atoms with E-state index < -0.39 is 0 Å². The van der Waals surface area contributed by atoms with E-state index in [0.717, 1.165) is 54.1 Å². The van der Waals surface area contributed by atoms with Gasteiger partial charge in [0.1, 0.15) is 6.33 Å². The smallest absolute Gasteiger partial charge is 0.253 e. The summed E-state index contributed by atoms with van der Waals surface area (Å²) in [5.74, 6) is 0.844. The average molecular weight is 319 g/mol. The SMILES string of the molecule is CC1CCN(C(=O)c2ccc3c(c2)ncn3-c2ccccc2)CC1. The zero-order valence-electron chi connectivity index (χ0n) is 13.9. The molecule has 1 aromatic heterocycles. The molecule has 1 amide bonds. The maximum Gasteiger partial charge on any atom is 0.253 e. The fraction of sp³-hybridized carbons (Fsp3) is 0.300. The van der Waals surface area contributed by atoms with Gasteiger partial charge >= 0.3 is 0 Å². The molecule has 0 unspecified atom stereocenters. The molecule has 122 valence electrons. The Hall–Kier alpha value is -2.62. The summed E-state index contributed by atoms with van der Waals surface area (Å²) in [7, 11) is 0. The van der Waals surface area contributed by atoms with Crippen molar-refractivity contribution in [2.75, 3.05) is 13.1 Å². The molecule has 0 radical (unpaired) electrons. The van der Waals surface area contributed by atoms with Gasteiger partial charge in [-0.25, -0.2) is 4.98 Å². The lowest BCUT2D eigenvalue weighted by Crippen LogP contribution is -2.37. The van der Waals surface area contributed by atoms with Gasteiger partial charge in [-0.05, 0) is 49.1 Å². The number of aromatic nitrogens is 2. The average Bonchev–Trinajstić information content (AvgIpc) is 3.05. The highest BCUT2D eigenvalue weighted by Crippen LogP contribution is 2.22. The molecule has 4 nitrogen and oxygen atoms in total. The summed E-state index contributed by atoms with van der Waals surface area (Å²) in [4.78, 5) is 19.2. The van der Waals surface area contributed by atoms with E-state index in [1.807, 2.05) is 52.2 Å². The molecule has 2 aromatic carbocycles. The van der Waals surface area contributed by atoms with Gasteiger partial charge < -0.3 is 4.90 Å². The number of benzene rings is 2. The number of carbonyl (C=O) groups excluding carboxylic acids is 1. The van der Waals surface area contributed by atoms with Gasteiger partial charge in [-0.15, -0.1) is 0 Å². The summed E-state index contributed by atoms with van der Waals surface area (Å²) in [6.07, 6.45) is 4.00. The Kier molecular flexibility index (Phi) is 3.81. The van der Waals surface area contributed by atoms with Crippen molar-refractivity contribution < 1.29 is 4.79 Å². The number of amides is 1. The molecule has 24 heavy (non-hydrogen) atoms. The molecule has 2 heterocycles. The van der Waals surface area contributed by atoms with Crippen LogP contribution in [0.15, 0.2) is 54.9 Å². The van der Waals surface area contributed by atoms with Gasteiger partial charge in [-0.1, -0.05) is 25.1 Å². The van der Waals surface area contributed by atoms with Crippen LogP contribution in [0.3, 0.4) is 0 Å². The number of hydrogen-bond donors (Lipinski definition) is 0. The van der Waals surface area contributed by atoms with Crippen LogP contribution in [-0.2, 0) is 0 Å². The molecule has 0 atom stereocenters. The Labute approximate surface area is 141 Å². The highest BCUT2D eigenvalue weighted by molar-refractivity contribution is 5.97. The minimum atomic E-state index is 0.123. The largest absolute Gasteiger partial charge is 0.339 e. The molecule has 3 aromatic rings. The van der Waals surface area contributed by atoms with Gasteiger partial charge in [-0.2, -0.15) is 0 Å². The third-order valence-corrected chi connectivity index (χ3v) is 4.90. The van der Waals surface area contributed by atoms with Crippen molar-refractivity contribution in [2.24, 2.45) is 5.92 Å². The molecular weight excluding hydrogens is 298 g/mol. The molecule has 1 aliphatic rings. The van der Waals surface area contributed by atoms with Gasteiger partial charge in [0.15, 0.2) is 0 Å². The Bertz CT molecular complexity index is 861. The van der Waals surface area contributed by atoms with Crippen LogP contribution in [0.5, 0.6) is 0 Å². The zero-order chi connectivity index (χ0) is 16.5. The first kappa shape index (κ1) is 14.9. The Balaban J connectivity index is 1.64. The lowest BCUT2D eigenvalue weighted by Gasteiger charge is -2.30. The maximum atomic E-state index is 12.7. The molecule has 4 rings (SSSR count). The minimum absolute atomic E-state index is 0.123. The van der Waals surface area contributed by atoms with Gasteiger partial charge in [0.05, 0.1) is 11.0 Å². The summed E-state index contributed by atoms with van der Waals surface area (Å²) in [5.41, 5.74) is 3.68. The Morgan fingerprint density at radius 2 is 1.83 bits per heavy atom. The van der Waals surface area contributed by atoms with Crippen LogP contribution in [0.4, 0.5) is 0 Å². The van der Waals surface area contributed by atoms with E-state index in [4.69, 9.17) is 0 Å². The fourth-order valence-corrected chi connectivity index (χ4v) is 3.33. The molecule has 4 heteroatoms. The summed E-state index contributed by atoms with van der Waals surface area (Å²) >= 11 is 0. The van der Waals surface area contributed by atoms with Crippen molar-refractivity contribution >= 4 is 16.9 Å². The van der Waals surface area contributed by atoms with Gasteiger partial charge in [0, 0.05) is 24.3 Å². The van der Waals surface area contributed by atoms with E-state index in [9.17, 15) is 4.79 Å². The van der Waals surface area contributed by atoms with E-state index in [1.165, 1.54) is 0 Å². The van der Waals surface area contributed by atoms with Gasteiger partial charge in [0.2, 0.25) is 0 Å². The Morgan fingerprint density at radius 1 is 1.08 bits per heavy atom. The second-order valence-electron chi connectivity index (χ2n) is 6.63. The van der Waals surface area contributed by atoms with Crippen LogP contribution in [0, 0.1) is 5.92 Å². The predicted octanol–water partition coefficient (Wildman–Crippen LogP) is 3.90. The molecule has 0 saturated carbocycles. The van der Waals surface area contributed by atoms with Gasteiger partial charge in [-0.3, -0.25) is 9.36 Å². The van der Waals surface area contributed by atoms with Crippen molar-refractivity contribution in [1.82, 2.24) is 14.5 Å². The number of fused-ring (bicyclic) bond motifs is 1. The number of hydrogen-bond acceptors (Lipinski definition) is 2. The van der Waals surface area contributed by atoms with Crippen molar-refractivity contribution in [2.45, 2.75) is 19.8 Å². The normalized spacial score (nSPS) is 15.8. The number of piperidine rings is 1. The number of rotatable bonds is 2. The maximum absolute atomic E-state index is 12.7. The third kappa shape index (κ3) is 2.68. The van der Waals surface area contributed by atoms with E-state index in [1.54, 1.807) is 0 Å². The molecule has 0 N–H and O–H groups in total. The molecule has 0 spiro atoms. The Morgan fingerprint density at radius 3 is 2.58 bits per heavy atom. The first-order valence-corrected chi connectivity index (χ1v) is 8.54.